The minimum absolute atomic E-state index is 0.147. The number of para-hydroxylation sites is 1. The fraction of sp³-hybridized carbons (Fsp3) is 0.474. The van der Waals surface area contributed by atoms with E-state index in [9.17, 15) is 0 Å². The summed E-state index contributed by atoms with van der Waals surface area (Å²) >= 11 is 1.67. The molecule has 0 bridgehead atoms. The van der Waals surface area contributed by atoms with Gasteiger partial charge < -0.3 is 15.4 Å². The van der Waals surface area contributed by atoms with Crippen LogP contribution in [0, 0.1) is 0 Å². The van der Waals surface area contributed by atoms with Crippen LogP contribution in [0.3, 0.4) is 0 Å². The van der Waals surface area contributed by atoms with Crippen molar-refractivity contribution in [3.8, 4) is 5.75 Å². The first kappa shape index (κ1) is 17.7. The predicted molar refractivity (Wildman–Crippen MR) is 104 cm³/mol. The van der Waals surface area contributed by atoms with E-state index in [4.69, 9.17) is 4.74 Å². The van der Waals surface area contributed by atoms with Crippen molar-refractivity contribution in [1.82, 2.24) is 15.6 Å². The molecule has 6 heteroatoms. The van der Waals surface area contributed by atoms with Gasteiger partial charge in [-0.1, -0.05) is 32.0 Å². The highest BCUT2D eigenvalue weighted by molar-refractivity contribution is 7.09. The number of nitrogens with one attached hydrogen (secondary N) is 2. The van der Waals surface area contributed by atoms with Crippen LogP contribution >= 0.6 is 11.3 Å². The van der Waals surface area contributed by atoms with Gasteiger partial charge in [0, 0.05) is 18.3 Å². The fourth-order valence-corrected chi connectivity index (χ4v) is 3.61. The van der Waals surface area contributed by atoms with E-state index >= 15 is 0 Å². The molecule has 2 N–H and O–H groups in total. The second kappa shape index (κ2) is 8.34. The summed E-state index contributed by atoms with van der Waals surface area (Å²) in [5.74, 6) is 2.27. The normalized spacial score (nSPS) is 16.6. The second-order valence-corrected chi connectivity index (χ2v) is 7.39. The predicted octanol–water partition coefficient (Wildman–Crippen LogP) is 3.33. The molecule has 1 atom stereocenters. The molecule has 0 fully saturated rings. The number of ether oxygens (including phenoxy) is 1. The molecule has 0 radical (unpaired) electrons. The van der Waals surface area contributed by atoms with Crippen molar-refractivity contribution in [2.24, 2.45) is 4.99 Å². The molecule has 2 aromatic rings. The van der Waals surface area contributed by atoms with Crippen LogP contribution in [-0.4, -0.2) is 30.1 Å². The number of rotatable bonds is 6. The van der Waals surface area contributed by atoms with Crippen molar-refractivity contribution < 1.29 is 4.74 Å². The highest BCUT2D eigenvalue weighted by Crippen LogP contribution is 2.27. The molecule has 2 heterocycles. The maximum atomic E-state index is 5.97. The zero-order chi connectivity index (χ0) is 17.6. The Morgan fingerprint density at radius 3 is 2.92 bits per heavy atom. The number of nitrogens with zero attached hydrogens (tertiary/aromatic N) is 2. The number of thiazole rings is 1. The third kappa shape index (κ3) is 4.72. The van der Waals surface area contributed by atoms with Crippen LogP contribution in [0.25, 0.3) is 0 Å². The quantitative estimate of drug-likeness (QED) is 0.614. The SMILES string of the molecule is CCNC(=NCc1nc(C(C)C)cs1)NCC1Cc2ccccc2O1. The first-order valence-electron chi connectivity index (χ1n) is 8.86. The van der Waals surface area contributed by atoms with Crippen molar-refractivity contribution in [3.63, 3.8) is 0 Å². The molecule has 0 aliphatic carbocycles. The molecular weight excluding hydrogens is 332 g/mol. The summed E-state index contributed by atoms with van der Waals surface area (Å²) < 4.78 is 5.97. The van der Waals surface area contributed by atoms with E-state index in [0.717, 1.165) is 41.9 Å². The van der Waals surface area contributed by atoms with Crippen LogP contribution in [0.2, 0.25) is 0 Å². The summed E-state index contributed by atoms with van der Waals surface area (Å²) in [6, 6.07) is 8.23. The number of benzene rings is 1. The number of aliphatic imine (C=N–C) groups is 1. The topological polar surface area (TPSA) is 58.5 Å². The van der Waals surface area contributed by atoms with E-state index in [1.165, 1.54) is 5.56 Å². The molecule has 5 nitrogen and oxygen atoms in total. The third-order valence-electron chi connectivity index (χ3n) is 4.09. The Hall–Kier alpha value is -2.08. The summed E-state index contributed by atoms with van der Waals surface area (Å²) in [6.45, 7) is 8.54. The van der Waals surface area contributed by atoms with Crippen LogP contribution in [0.1, 0.15) is 43.0 Å². The molecule has 134 valence electrons. The van der Waals surface area contributed by atoms with Gasteiger partial charge in [-0.3, -0.25) is 0 Å². The lowest BCUT2D eigenvalue weighted by atomic mass is 10.1. The van der Waals surface area contributed by atoms with E-state index in [1.54, 1.807) is 11.3 Å². The minimum Gasteiger partial charge on any atom is -0.488 e. The average molecular weight is 359 g/mol. The van der Waals surface area contributed by atoms with E-state index in [1.807, 2.05) is 12.1 Å². The van der Waals surface area contributed by atoms with Crippen LogP contribution in [-0.2, 0) is 13.0 Å². The van der Waals surface area contributed by atoms with Gasteiger partial charge in [-0.05, 0) is 24.5 Å². The Morgan fingerprint density at radius 1 is 1.36 bits per heavy atom. The number of hydrogen-bond donors (Lipinski definition) is 2. The second-order valence-electron chi connectivity index (χ2n) is 6.45. The maximum absolute atomic E-state index is 5.97. The Bertz CT molecular complexity index is 701. The van der Waals surface area contributed by atoms with Gasteiger partial charge in [-0.15, -0.1) is 11.3 Å². The molecule has 1 aromatic carbocycles. The number of guanidine groups is 1. The molecule has 1 aliphatic heterocycles. The lowest BCUT2D eigenvalue weighted by Gasteiger charge is -2.15. The first-order chi connectivity index (χ1) is 12.2. The number of aromatic nitrogens is 1. The smallest absolute Gasteiger partial charge is 0.191 e. The van der Waals surface area contributed by atoms with Gasteiger partial charge in [0.05, 0.1) is 18.8 Å². The molecule has 0 spiro atoms. The highest BCUT2D eigenvalue weighted by Gasteiger charge is 2.22. The summed E-state index contributed by atoms with van der Waals surface area (Å²) in [7, 11) is 0. The Kier molecular flexibility index (Phi) is 5.91. The Balaban J connectivity index is 1.54. The monoisotopic (exact) mass is 358 g/mol. The molecule has 3 rings (SSSR count). The summed E-state index contributed by atoms with van der Waals surface area (Å²) in [6.07, 6.45) is 1.08. The molecule has 1 unspecified atom stereocenters. The van der Waals surface area contributed by atoms with Crippen molar-refractivity contribution in [3.05, 3.63) is 45.9 Å². The van der Waals surface area contributed by atoms with Gasteiger partial charge >= 0.3 is 0 Å². The summed E-state index contributed by atoms with van der Waals surface area (Å²) in [5, 5.41) is 9.85. The zero-order valence-electron chi connectivity index (χ0n) is 15.1. The van der Waals surface area contributed by atoms with Gasteiger partial charge in [0.1, 0.15) is 16.9 Å². The van der Waals surface area contributed by atoms with Crippen molar-refractivity contribution >= 4 is 17.3 Å². The number of fused-ring (bicyclic) bond motifs is 1. The summed E-state index contributed by atoms with van der Waals surface area (Å²) in [5.41, 5.74) is 2.42. The largest absolute Gasteiger partial charge is 0.488 e. The molecule has 1 aliphatic rings. The van der Waals surface area contributed by atoms with Crippen LogP contribution < -0.4 is 15.4 Å². The van der Waals surface area contributed by atoms with E-state index in [0.29, 0.717) is 12.5 Å². The third-order valence-corrected chi connectivity index (χ3v) is 4.94. The van der Waals surface area contributed by atoms with E-state index in [2.05, 4.69) is 58.9 Å². The van der Waals surface area contributed by atoms with Gasteiger partial charge in [0.15, 0.2) is 5.96 Å². The van der Waals surface area contributed by atoms with Gasteiger partial charge in [-0.2, -0.15) is 0 Å². The average Bonchev–Trinajstić information content (AvgIpc) is 3.23. The lowest BCUT2D eigenvalue weighted by molar-refractivity contribution is 0.235. The zero-order valence-corrected chi connectivity index (χ0v) is 15.9. The number of hydrogen-bond acceptors (Lipinski definition) is 4. The highest BCUT2D eigenvalue weighted by atomic mass is 32.1. The van der Waals surface area contributed by atoms with Gasteiger partial charge in [-0.25, -0.2) is 9.98 Å². The van der Waals surface area contributed by atoms with Crippen LogP contribution in [0.15, 0.2) is 34.6 Å². The van der Waals surface area contributed by atoms with Gasteiger partial charge in [0.2, 0.25) is 0 Å². The van der Waals surface area contributed by atoms with Crippen molar-refractivity contribution in [2.45, 2.75) is 45.8 Å². The molecule has 0 amide bonds. The van der Waals surface area contributed by atoms with E-state index < -0.39 is 0 Å². The summed E-state index contributed by atoms with van der Waals surface area (Å²) in [4.78, 5) is 9.29. The molecule has 25 heavy (non-hydrogen) atoms. The molecule has 0 saturated heterocycles. The standard InChI is InChI=1S/C19H26N4OS/c1-4-20-19(22-11-18-23-16(12-25-18)13(2)3)21-10-15-9-14-7-5-6-8-17(14)24-15/h5-8,12-13,15H,4,9-11H2,1-3H3,(H2,20,21,22). The minimum atomic E-state index is 0.147. The molecule has 0 saturated carbocycles. The molecular formula is C19H26N4OS. The fourth-order valence-electron chi connectivity index (χ4n) is 2.73. The van der Waals surface area contributed by atoms with Crippen LogP contribution in [0.4, 0.5) is 0 Å². The van der Waals surface area contributed by atoms with Crippen molar-refractivity contribution in [1.29, 1.82) is 0 Å². The van der Waals surface area contributed by atoms with Crippen molar-refractivity contribution in [2.75, 3.05) is 13.1 Å². The van der Waals surface area contributed by atoms with Gasteiger partial charge in [0.25, 0.3) is 0 Å². The van der Waals surface area contributed by atoms with Crippen LogP contribution in [0.5, 0.6) is 5.75 Å². The Morgan fingerprint density at radius 2 is 2.20 bits per heavy atom. The first-order valence-corrected chi connectivity index (χ1v) is 9.74. The Labute approximate surface area is 153 Å². The molecule has 1 aromatic heterocycles. The van der Waals surface area contributed by atoms with E-state index in [-0.39, 0.29) is 6.10 Å². The lowest BCUT2D eigenvalue weighted by Crippen LogP contribution is -2.42. The maximum Gasteiger partial charge on any atom is 0.191 e.